The van der Waals surface area contributed by atoms with Crippen LogP contribution in [0.25, 0.3) is 11.1 Å². The number of carbonyl (C=O) groups is 1. The van der Waals surface area contributed by atoms with Crippen molar-refractivity contribution in [3.05, 3.63) is 119 Å². The Bertz CT molecular complexity index is 1430. The van der Waals surface area contributed by atoms with Gasteiger partial charge in [0.25, 0.3) is 0 Å². The first-order valence-electron chi connectivity index (χ1n) is 12.5. The normalized spacial score (nSPS) is 15.0. The van der Waals surface area contributed by atoms with Crippen LogP contribution < -0.4 is 4.74 Å². The lowest BCUT2D eigenvalue weighted by Crippen LogP contribution is -2.16. The zero-order chi connectivity index (χ0) is 25.6. The zero-order valence-corrected chi connectivity index (χ0v) is 21.3. The average Bonchev–Trinajstić information content (AvgIpc) is 3.34. The third-order valence-electron chi connectivity index (χ3n) is 6.76. The standard InChI is InChI=1S/C31H29ClN2O3/c32-27-10-3-8-26(18-27)28-11-2-1-7-24(28)17-23-19-33-34(20-23)15-5-6-22-13-14-29-25(16-22)9-4-12-30(29)37-21-31(35)36/h1-12,18-20,22H,13-17,21H2,(H,35,36). The maximum absolute atomic E-state index is 10.9. The van der Waals surface area contributed by atoms with Crippen LogP contribution in [-0.4, -0.2) is 27.5 Å². The van der Waals surface area contributed by atoms with E-state index < -0.39 is 5.97 Å². The molecular weight excluding hydrogens is 484 g/mol. The van der Waals surface area contributed by atoms with E-state index in [1.54, 1.807) is 0 Å². The van der Waals surface area contributed by atoms with Gasteiger partial charge < -0.3 is 9.84 Å². The minimum absolute atomic E-state index is 0.308. The predicted octanol–water partition coefficient (Wildman–Crippen LogP) is 6.62. The molecule has 1 unspecified atom stereocenters. The number of nitrogens with zero attached hydrogens (tertiary/aromatic N) is 2. The summed E-state index contributed by atoms with van der Waals surface area (Å²) in [5, 5.41) is 14.2. The number of carboxylic acids is 1. The fourth-order valence-electron chi connectivity index (χ4n) is 5.03. The van der Waals surface area contributed by atoms with Gasteiger partial charge in [-0.25, -0.2) is 4.79 Å². The Labute approximate surface area is 222 Å². The number of allylic oxidation sites excluding steroid dienone is 2. The average molecular weight is 513 g/mol. The smallest absolute Gasteiger partial charge is 0.341 e. The molecule has 0 bridgehead atoms. The lowest BCUT2D eigenvalue weighted by Gasteiger charge is -2.24. The lowest BCUT2D eigenvalue weighted by atomic mass is 9.83. The van der Waals surface area contributed by atoms with Gasteiger partial charge >= 0.3 is 5.97 Å². The molecule has 0 saturated carbocycles. The summed E-state index contributed by atoms with van der Waals surface area (Å²) in [4.78, 5) is 10.9. The van der Waals surface area contributed by atoms with Crippen LogP contribution in [-0.2, 0) is 30.6 Å². The highest BCUT2D eigenvalue weighted by Crippen LogP contribution is 2.33. The number of rotatable bonds is 9. The van der Waals surface area contributed by atoms with E-state index in [0.717, 1.165) is 48.4 Å². The lowest BCUT2D eigenvalue weighted by molar-refractivity contribution is -0.139. The Kier molecular flexibility index (Phi) is 7.71. The van der Waals surface area contributed by atoms with Gasteiger partial charge in [-0.3, -0.25) is 4.68 Å². The summed E-state index contributed by atoms with van der Waals surface area (Å²) < 4.78 is 7.46. The number of hydrogen-bond donors (Lipinski definition) is 1. The van der Waals surface area contributed by atoms with E-state index in [1.807, 2.05) is 41.2 Å². The third-order valence-corrected chi connectivity index (χ3v) is 7.00. The summed E-state index contributed by atoms with van der Waals surface area (Å²) in [7, 11) is 0. The molecule has 0 amide bonds. The van der Waals surface area contributed by atoms with Crippen LogP contribution in [0.4, 0.5) is 0 Å². The SMILES string of the molecule is O=C(O)COc1cccc2c1CCC(C=CCn1cc(Cc3ccccc3-c3cccc(Cl)c3)cn1)C2. The Morgan fingerprint density at radius 1 is 1.14 bits per heavy atom. The van der Waals surface area contributed by atoms with Crippen molar-refractivity contribution < 1.29 is 14.6 Å². The Balaban J connectivity index is 1.20. The number of aliphatic carboxylic acids is 1. The van der Waals surface area contributed by atoms with Gasteiger partial charge in [0.05, 0.1) is 12.7 Å². The molecule has 0 spiro atoms. The van der Waals surface area contributed by atoms with Gasteiger partial charge in [0, 0.05) is 17.6 Å². The number of carboxylic acid groups (broad SMARTS) is 1. The molecule has 1 aliphatic rings. The van der Waals surface area contributed by atoms with Gasteiger partial charge in [-0.05, 0) is 76.8 Å². The van der Waals surface area contributed by atoms with Crippen molar-refractivity contribution in [2.75, 3.05) is 6.61 Å². The number of benzene rings is 3. The Morgan fingerprint density at radius 2 is 2.00 bits per heavy atom. The van der Waals surface area contributed by atoms with E-state index in [-0.39, 0.29) is 6.61 Å². The van der Waals surface area contributed by atoms with Crippen LogP contribution in [0.2, 0.25) is 5.02 Å². The quantitative estimate of drug-likeness (QED) is 0.256. The number of halogens is 1. The number of hydrogen-bond acceptors (Lipinski definition) is 3. The monoisotopic (exact) mass is 512 g/mol. The van der Waals surface area contributed by atoms with E-state index in [4.69, 9.17) is 21.4 Å². The summed E-state index contributed by atoms with van der Waals surface area (Å²) in [6.07, 6.45) is 12.2. The van der Waals surface area contributed by atoms with Crippen LogP contribution in [0.5, 0.6) is 5.75 Å². The summed E-state index contributed by atoms with van der Waals surface area (Å²) in [5.41, 5.74) is 7.10. The molecule has 5 nitrogen and oxygen atoms in total. The van der Waals surface area contributed by atoms with Crippen LogP contribution in [0.3, 0.4) is 0 Å². The molecule has 1 aliphatic carbocycles. The first kappa shape index (κ1) is 24.8. The molecule has 188 valence electrons. The number of ether oxygens (including phenoxy) is 1. The maximum Gasteiger partial charge on any atom is 0.341 e. The minimum Gasteiger partial charge on any atom is -0.482 e. The molecule has 1 heterocycles. The fraction of sp³-hybridized carbons (Fsp3) is 0.226. The van der Waals surface area contributed by atoms with Crippen molar-refractivity contribution in [3.8, 4) is 16.9 Å². The first-order valence-corrected chi connectivity index (χ1v) is 12.9. The fourth-order valence-corrected chi connectivity index (χ4v) is 5.22. The van der Waals surface area contributed by atoms with Crippen LogP contribution in [0.1, 0.15) is 28.7 Å². The van der Waals surface area contributed by atoms with Gasteiger partial charge in [0.2, 0.25) is 0 Å². The van der Waals surface area contributed by atoms with Crippen molar-refractivity contribution in [1.29, 1.82) is 0 Å². The van der Waals surface area contributed by atoms with Crippen LogP contribution >= 0.6 is 11.6 Å². The predicted molar refractivity (Wildman–Crippen MR) is 146 cm³/mol. The highest BCUT2D eigenvalue weighted by Gasteiger charge is 2.20. The minimum atomic E-state index is -0.957. The van der Waals surface area contributed by atoms with Gasteiger partial charge in [-0.2, -0.15) is 5.10 Å². The van der Waals surface area contributed by atoms with Gasteiger partial charge in [0.1, 0.15) is 5.75 Å². The number of fused-ring (bicyclic) bond motifs is 1. The molecule has 0 fully saturated rings. The van der Waals surface area contributed by atoms with Crippen LogP contribution in [0, 0.1) is 5.92 Å². The summed E-state index contributed by atoms with van der Waals surface area (Å²) in [5.74, 6) is 0.187. The molecule has 0 radical (unpaired) electrons. The second-order valence-corrected chi connectivity index (χ2v) is 9.86. The highest BCUT2D eigenvalue weighted by atomic mass is 35.5. The molecule has 6 heteroatoms. The topological polar surface area (TPSA) is 64.3 Å². The Morgan fingerprint density at radius 3 is 2.86 bits per heavy atom. The molecule has 0 aliphatic heterocycles. The van der Waals surface area contributed by atoms with Gasteiger partial charge in [0.15, 0.2) is 6.61 Å². The molecular formula is C31H29ClN2O3. The Hall–Kier alpha value is -3.83. The van der Waals surface area contributed by atoms with Crippen LogP contribution in [0.15, 0.2) is 91.3 Å². The van der Waals surface area contributed by atoms with E-state index in [0.29, 0.717) is 11.7 Å². The number of aromatic nitrogens is 2. The van der Waals surface area contributed by atoms with Crippen molar-refractivity contribution in [1.82, 2.24) is 9.78 Å². The summed E-state index contributed by atoms with van der Waals surface area (Å²) >= 11 is 6.23. The molecule has 4 aromatic rings. The molecule has 5 rings (SSSR count). The molecule has 1 atom stereocenters. The second kappa shape index (κ2) is 11.5. The molecule has 0 saturated heterocycles. The first-order chi connectivity index (χ1) is 18.0. The molecule has 1 N–H and O–H groups in total. The maximum atomic E-state index is 10.9. The summed E-state index contributed by atoms with van der Waals surface area (Å²) in [6, 6.07) is 22.3. The van der Waals surface area contributed by atoms with Gasteiger partial charge in [-0.15, -0.1) is 0 Å². The summed E-state index contributed by atoms with van der Waals surface area (Å²) in [6.45, 7) is 0.416. The second-order valence-electron chi connectivity index (χ2n) is 9.42. The molecule has 37 heavy (non-hydrogen) atoms. The van der Waals surface area contributed by atoms with E-state index >= 15 is 0 Å². The zero-order valence-electron chi connectivity index (χ0n) is 20.5. The van der Waals surface area contributed by atoms with Crippen molar-refractivity contribution >= 4 is 17.6 Å². The third kappa shape index (κ3) is 6.30. The molecule has 1 aromatic heterocycles. The highest BCUT2D eigenvalue weighted by molar-refractivity contribution is 6.30. The van der Waals surface area contributed by atoms with Crippen molar-refractivity contribution in [3.63, 3.8) is 0 Å². The van der Waals surface area contributed by atoms with E-state index in [9.17, 15) is 4.79 Å². The van der Waals surface area contributed by atoms with Crippen molar-refractivity contribution in [2.24, 2.45) is 5.92 Å². The largest absolute Gasteiger partial charge is 0.482 e. The van der Waals surface area contributed by atoms with Crippen molar-refractivity contribution in [2.45, 2.75) is 32.2 Å². The van der Waals surface area contributed by atoms with Gasteiger partial charge in [-0.1, -0.05) is 72.3 Å². The van der Waals surface area contributed by atoms with E-state index in [1.165, 1.54) is 22.3 Å². The van der Waals surface area contributed by atoms with E-state index in [2.05, 4.69) is 59.8 Å². The molecule has 3 aromatic carbocycles.